The average Bonchev–Trinajstić information content (AvgIpc) is 2.89. The monoisotopic (exact) mass is 349 g/mol. The number of carbonyl (C=O) groups excluding carboxylic acids is 2. The van der Waals surface area contributed by atoms with Gasteiger partial charge < -0.3 is 19.5 Å². The Labute approximate surface area is 148 Å². The van der Waals surface area contributed by atoms with Gasteiger partial charge in [-0.05, 0) is 31.9 Å². The summed E-state index contributed by atoms with van der Waals surface area (Å²) in [4.78, 5) is 24.3. The molecule has 0 heterocycles. The molecule has 6 nitrogen and oxygen atoms in total. The summed E-state index contributed by atoms with van der Waals surface area (Å²) in [6, 6.07) is 5.00. The van der Waals surface area contributed by atoms with E-state index < -0.39 is 12.1 Å². The van der Waals surface area contributed by atoms with Crippen LogP contribution < -0.4 is 14.8 Å². The first-order valence-corrected chi connectivity index (χ1v) is 8.78. The Morgan fingerprint density at radius 1 is 1.12 bits per heavy atom. The van der Waals surface area contributed by atoms with Crippen molar-refractivity contribution in [1.82, 2.24) is 5.32 Å². The lowest BCUT2D eigenvalue weighted by molar-refractivity contribution is -0.128. The van der Waals surface area contributed by atoms with Gasteiger partial charge in [-0.2, -0.15) is 0 Å². The van der Waals surface area contributed by atoms with Gasteiger partial charge in [0.05, 0.1) is 14.2 Å². The SMILES string of the molecule is COC(=O)c1ccc(OC)cc1O[C@@H](C)C(=O)NC1CCCCCC1. The normalized spacial score (nSPS) is 16.4. The molecular formula is C19H27NO5. The van der Waals surface area contributed by atoms with Gasteiger partial charge in [0.15, 0.2) is 6.10 Å². The molecule has 2 rings (SSSR count). The van der Waals surface area contributed by atoms with Gasteiger partial charge in [0, 0.05) is 12.1 Å². The predicted molar refractivity (Wildman–Crippen MR) is 94.1 cm³/mol. The fraction of sp³-hybridized carbons (Fsp3) is 0.579. The van der Waals surface area contributed by atoms with Gasteiger partial charge in [0.2, 0.25) is 0 Å². The number of ether oxygens (including phenoxy) is 3. The van der Waals surface area contributed by atoms with Gasteiger partial charge in [-0.3, -0.25) is 4.79 Å². The van der Waals surface area contributed by atoms with E-state index in [1.807, 2.05) is 0 Å². The smallest absolute Gasteiger partial charge is 0.341 e. The van der Waals surface area contributed by atoms with E-state index in [0.717, 1.165) is 25.7 Å². The van der Waals surface area contributed by atoms with Crippen LogP contribution in [0.4, 0.5) is 0 Å². The van der Waals surface area contributed by atoms with E-state index in [4.69, 9.17) is 14.2 Å². The molecule has 1 aliphatic carbocycles. The van der Waals surface area contributed by atoms with Crippen molar-refractivity contribution in [3.05, 3.63) is 23.8 Å². The van der Waals surface area contributed by atoms with Crippen LogP contribution >= 0.6 is 0 Å². The minimum Gasteiger partial charge on any atom is -0.497 e. The molecule has 1 atom stereocenters. The summed E-state index contributed by atoms with van der Waals surface area (Å²) in [5.74, 6) is 0.119. The minimum absolute atomic E-state index is 0.175. The number of benzene rings is 1. The number of methoxy groups -OCH3 is 2. The van der Waals surface area contributed by atoms with E-state index in [2.05, 4.69) is 5.32 Å². The summed E-state index contributed by atoms with van der Waals surface area (Å²) in [6.45, 7) is 1.67. The second kappa shape index (κ2) is 9.30. The molecule has 0 unspecified atom stereocenters. The van der Waals surface area contributed by atoms with Crippen LogP contribution in [0.2, 0.25) is 0 Å². The highest BCUT2D eigenvalue weighted by molar-refractivity contribution is 5.93. The molecule has 25 heavy (non-hydrogen) atoms. The van der Waals surface area contributed by atoms with Crippen LogP contribution in [-0.4, -0.2) is 38.2 Å². The highest BCUT2D eigenvalue weighted by Gasteiger charge is 2.23. The predicted octanol–water partition coefficient (Wildman–Crippen LogP) is 3.09. The third kappa shape index (κ3) is 5.37. The molecule has 0 aliphatic heterocycles. The lowest BCUT2D eigenvalue weighted by Crippen LogP contribution is -2.42. The topological polar surface area (TPSA) is 73.9 Å². The first-order chi connectivity index (χ1) is 12.0. The van der Waals surface area contributed by atoms with Gasteiger partial charge in [-0.25, -0.2) is 4.79 Å². The first-order valence-electron chi connectivity index (χ1n) is 8.78. The van der Waals surface area contributed by atoms with Gasteiger partial charge in [0.1, 0.15) is 17.1 Å². The number of amides is 1. The Bertz CT molecular complexity index is 593. The van der Waals surface area contributed by atoms with Crippen molar-refractivity contribution in [3.8, 4) is 11.5 Å². The summed E-state index contributed by atoms with van der Waals surface area (Å²) >= 11 is 0. The van der Waals surface area contributed by atoms with Crippen LogP contribution in [-0.2, 0) is 9.53 Å². The van der Waals surface area contributed by atoms with Crippen molar-refractivity contribution in [2.75, 3.05) is 14.2 Å². The molecule has 0 aromatic heterocycles. The molecule has 138 valence electrons. The van der Waals surface area contributed by atoms with Crippen molar-refractivity contribution in [2.45, 2.75) is 57.6 Å². The van der Waals surface area contributed by atoms with E-state index >= 15 is 0 Å². The van der Waals surface area contributed by atoms with E-state index in [1.54, 1.807) is 25.1 Å². The fourth-order valence-corrected chi connectivity index (χ4v) is 2.99. The number of nitrogens with one attached hydrogen (secondary N) is 1. The zero-order valence-corrected chi connectivity index (χ0v) is 15.2. The Kier molecular flexibility index (Phi) is 7.10. The molecular weight excluding hydrogens is 322 g/mol. The number of carbonyl (C=O) groups is 2. The van der Waals surface area contributed by atoms with Crippen molar-refractivity contribution in [1.29, 1.82) is 0 Å². The maximum Gasteiger partial charge on any atom is 0.341 e. The second-order valence-electron chi connectivity index (χ2n) is 6.31. The van der Waals surface area contributed by atoms with E-state index in [1.165, 1.54) is 27.1 Å². The fourth-order valence-electron chi connectivity index (χ4n) is 2.99. The molecule has 6 heteroatoms. The lowest BCUT2D eigenvalue weighted by atomic mass is 10.1. The zero-order valence-electron chi connectivity index (χ0n) is 15.2. The Morgan fingerprint density at radius 3 is 2.40 bits per heavy atom. The van der Waals surface area contributed by atoms with Crippen LogP contribution in [0.3, 0.4) is 0 Å². The molecule has 0 radical (unpaired) electrons. The molecule has 1 aliphatic rings. The summed E-state index contributed by atoms with van der Waals surface area (Å²) in [7, 11) is 2.83. The number of rotatable bonds is 6. The summed E-state index contributed by atoms with van der Waals surface area (Å²) < 4.78 is 15.7. The van der Waals surface area contributed by atoms with E-state index in [9.17, 15) is 9.59 Å². The summed E-state index contributed by atoms with van der Waals surface area (Å²) in [5, 5.41) is 3.06. The van der Waals surface area contributed by atoms with Crippen LogP contribution in [0.5, 0.6) is 11.5 Å². The van der Waals surface area contributed by atoms with Crippen LogP contribution in [0.25, 0.3) is 0 Å². The molecule has 1 aromatic rings. The average molecular weight is 349 g/mol. The third-order valence-corrected chi connectivity index (χ3v) is 4.47. The second-order valence-corrected chi connectivity index (χ2v) is 6.31. The maximum absolute atomic E-state index is 12.4. The summed E-state index contributed by atoms with van der Waals surface area (Å²) in [6.07, 6.45) is 6.02. The van der Waals surface area contributed by atoms with Crippen molar-refractivity contribution < 1.29 is 23.8 Å². The Hall–Kier alpha value is -2.24. The van der Waals surface area contributed by atoms with Gasteiger partial charge >= 0.3 is 5.97 Å². The third-order valence-electron chi connectivity index (χ3n) is 4.47. The number of esters is 1. The quantitative estimate of drug-likeness (QED) is 0.631. The zero-order chi connectivity index (χ0) is 18.2. The molecule has 0 saturated heterocycles. The summed E-state index contributed by atoms with van der Waals surface area (Å²) in [5.41, 5.74) is 0.261. The van der Waals surface area contributed by atoms with Crippen LogP contribution in [0.15, 0.2) is 18.2 Å². The van der Waals surface area contributed by atoms with Crippen molar-refractivity contribution in [2.24, 2.45) is 0 Å². The van der Waals surface area contributed by atoms with E-state index in [-0.39, 0.29) is 23.3 Å². The van der Waals surface area contributed by atoms with Gasteiger partial charge in [-0.15, -0.1) is 0 Å². The number of hydrogen-bond donors (Lipinski definition) is 1. The molecule has 0 spiro atoms. The first kappa shape index (κ1) is 19.1. The van der Waals surface area contributed by atoms with E-state index in [0.29, 0.717) is 5.75 Å². The molecule has 1 aromatic carbocycles. The van der Waals surface area contributed by atoms with Crippen LogP contribution in [0.1, 0.15) is 55.8 Å². The van der Waals surface area contributed by atoms with Crippen molar-refractivity contribution in [3.63, 3.8) is 0 Å². The highest BCUT2D eigenvalue weighted by Crippen LogP contribution is 2.26. The molecule has 1 saturated carbocycles. The number of hydrogen-bond acceptors (Lipinski definition) is 5. The van der Waals surface area contributed by atoms with Crippen LogP contribution in [0, 0.1) is 0 Å². The Morgan fingerprint density at radius 2 is 1.80 bits per heavy atom. The van der Waals surface area contributed by atoms with Gasteiger partial charge in [0.25, 0.3) is 5.91 Å². The molecule has 0 bridgehead atoms. The Balaban J connectivity index is 2.06. The highest BCUT2D eigenvalue weighted by atomic mass is 16.5. The van der Waals surface area contributed by atoms with Crippen molar-refractivity contribution >= 4 is 11.9 Å². The largest absolute Gasteiger partial charge is 0.497 e. The molecule has 1 N–H and O–H groups in total. The maximum atomic E-state index is 12.4. The molecule has 1 fully saturated rings. The standard InChI is InChI=1S/C19H27NO5/c1-13(18(21)20-14-8-6-4-5-7-9-14)25-17-12-15(23-2)10-11-16(17)19(22)24-3/h10-14H,4-9H2,1-3H3,(H,20,21)/t13-/m0/s1. The van der Waals surface area contributed by atoms with Gasteiger partial charge in [-0.1, -0.05) is 25.7 Å². The molecule has 1 amide bonds. The lowest BCUT2D eigenvalue weighted by Gasteiger charge is -2.21. The minimum atomic E-state index is -0.723.